The van der Waals surface area contributed by atoms with Crippen LogP contribution in [0.25, 0.3) is 0 Å². The van der Waals surface area contributed by atoms with E-state index in [1.807, 2.05) is 12.1 Å². The monoisotopic (exact) mass is 280 g/mol. The van der Waals surface area contributed by atoms with Gasteiger partial charge in [-0.05, 0) is 36.5 Å². The molecule has 1 N–H and O–H groups in total. The van der Waals surface area contributed by atoms with E-state index in [4.69, 9.17) is 11.6 Å². The molecule has 1 aliphatic rings. The molecule has 1 aromatic rings. The second kappa shape index (κ2) is 5.85. The molecule has 0 amide bonds. The topological polar surface area (TPSA) is 4.44 Å². The average molecular weight is 281 g/mol. The third kappa shape index (κ3) is 2.98. The number of hydrogen-bond acceptors (Lipinski definition) is 0. The summed E-state index contributed by atoms with van der Waals surface area (Å²) >= 11 is 6.04. The van der Waals surface area contributed by atoms with Crippen LogP contribution in [0.15, 0.2) is 24.3 Å². The van der Waals surface area contributed by atoms with Crippen LogP contribution in [0.3, 0.4) is 0 Å². The van der Waals surface area contributed by atoms with Crippen LogP contribution in [-0.4, -0.2) is 20.1 Å². The number of nitrogens with one attached hydrogen (secondary N) is 1. The molecule has 1 aromatic carbocycles. The maximum atomic E-state index is 6.04. The molecule has 0 aromatic heterocycles. The van der Waals surface area contributed by atoms with Crippen molar-refractivity contribution in [3.05, 3.63) is 34.9 Å². The molecule has 0 heterocycles. The Hall–Kier alpha value is -0.530. The second-order valence-corrected chi connectivity index (χ2v) is 7.21. The minimum Gasteiger partial charge on any atom is -0.337 e. The van der Waals surface area contributed by atoms with Crippen molar-refractivity contribution in [2.75, 3.05) is 14.1 Å². The summed E-state index contributed by atoms with van der Waals surface area (Å²) < 4.78 is 0. The Labute approximate surface area is 123 Å². The van der Waals surface area contributed by atoms with Gasteiger partial charge in [0.05, 0.1) is 20.1 Å². The van der Waals surface area contributed by atoms with Crippen LogP contribution in [0.2, 0.25) is 5.02 Å². The summed E-state index contributed by atoms with van der Waals surface area (Å²) in [5, 5.41) is 0.843. The molecule has 2 rings (SSSR count). The molecule has 106 valence electrons. The predicted molar refractivity (Wildman–Crippen MR) is 83.0 cm³/mol. The largest absolute Gasteiger partial charge is 0.337 e. The van der Waals surface area contributed by atoms with Gasteiger partial charge in [0, 0.05) is 16.9 Å². The van der Waals surface area contributed by atoms with Crippen molar-refractivity contribution < 1.29 is 4.90 Å². The van der Waals surface area contributed by atoms with Crippen molar-refractivity contribution in [3.8, 4) is 0 Å². The van der Waals surface area contributed by atoms with Gasteiger partial charge in [0.1, 0.15) is 0 Å². The summed E-state index contributed by atoms with van der Waals surface area (Å²) in [4.78, 5) is 1.59. The molecule has 1 atom stereocenters. The van der Waals surface area contributed by atoms with Crippen LogP contribution in [-0.2, 0) is 5.41 Å². The maximum absolute atomic E-state index is 6.04. The number of halogens is 1. The molecule has 1 aliphatic carbocycles. The van der Waals surface area contributed by atoms with Crippen LogP contribution in [0.4, 0.5) is 0 Å². The smallest absolute Gasteiger partial charge is 0.0970 e. The van der Waals surface area contributed by atoms with Crippen molar-refractivity contribution in [2.45, 2.75) is 51.0 Å². The normalized spacial score (nSPS) is 19.5. The molecule has 0 bridgehead atoms. The van der Waals surface area contributed by atoms with Gasteiger partial charge in [-0.1, -0.05) is 44.0 Å². The lowest BCUT2D eigenvalue weighted by atomic mass is 9.58. The summed E-state index contributed by atoms with van der Waals surface area (Å²) in [5.41, 5.74) is 1.88. The van der Waals surface area contributed by atoms with Crippen molar-refractivity contribution >= 4 is 11.6 Å². The fourth-order valence-corrected chi connectivity index (χ4v) is 3.79. The molecule has 1 nitrogen and oxygen atoms in total. The Bertz CT molecular complexity index is 404. The average Bonchev–Trinajstić information content (AvgIpc) is 2.28. The number of benzene rings is 1. The summed E-state index contributed by atoms with van der Waals surface area (Å²) in [5.74, 6) is 0.754. The van der Waals surface area contributed by atoms with E-state index in [1.54, 1.807) is 4.90 Å². The van der Waals surface area contributed by atoms with Gasteiger partial charge in [0.25, 0.3) is 0 Å². The SMILES string of the molecule is CC(C)C[C@@H]([NH+](C)C)C1(c2ccc(Cl)cc2)CCC1. The third-order valence-corrected chi connectivity index (χ3v) is 4.99. The van der Waals surface area contributed by atoms with E-state index >= 15 is 0 Å². The molecule has 0 saturated heterocycles. The van der Waals surface area contributed by atoms with Crippen molar-refractivity contribution in [1.29, 1.82) is 0 Å². The first-order chi connectivity index (χ1) is 8.95. The molecule has 2 heteroatoms. The van der Waals surface area contributed by atoms with E-state index in [1.165, 1.54) is 31.2 Å². The number of likely N-dealkylation sites (N-methyl/N-ethyl adjacent to an activating group) is 1. The van der Waals surface area contributed by atoms with Gasteiger partial charge >= 0.3 is 0 Å². The standard InChI is InChI=1S/C17H26ClN/c1-13(2)12-16(19(3)4)17(10-5-11-17)14-6-8-15(18)9-7-14/h6-9,13,16H,5,10-12H2,1-4H3/p+1/t16-/m1/s1. The van der Waals surface area contributed by atoms with Crippen LogP contribution in [0.5, 0.6) is 0 Å². The number of quaternary nitrogens is 1. The number of hydrogen-bond donors (Lipinski definition) is 1. The fourth-order valence-electron chi connectivity index (χ4n) is 3.66. The lowest BCUT2D eigenvalue weighted by molar-refractivity contribution is -0.893. The highest BCUT2D eigenvalue weighted by molar-refractivity contribution is 6.30. The van der Waals surface area contributed by atoms with Gasteiger partial charge in [-0.2, -0.15) is 0 Å². The molecule has 0 aliphatic heterocycles. The minimum absolute atomic E-state index is 0.383. The Morgan fingerprint density at radius 3 is 2.11 bits per heavy atom. The quantitative estimate of drug-likeness (QED) is 0.844. The summed E-state index contributed by atoms with van der Waals surface area (Å²) in [6.07, 6.45) is 5.32. The maximum Gasteiger partial charge on any atom is 0.0970 e. The molecule has 0 radical (unpaired) electrons. The molecular weight excluding hydrogens is 254 g/mol. The Morgan fingerprint density at radius 2 is 1.74 bits per heavy atom. The molecular formula is C17H27ClN+. The van der Waals surface area contributed by atoms with E-state index in [0.717, 1.165) is 10.9 Å². The summed E-state index contributed by atoms with van der Waals surface area (Å²) in [7, 11) is 4.62. The van der Waals surface area contributed by atoms with Gasteiger partial charge in [-0.15, -0.1) is 0 Å². The van der Waals surface area contributed by atoms with Crippen LogP contribution in [0, 0.1) is 5.92 Å². The van der Waals surface area contributed by atoms with E-state index in [0.29, 0.717) is 11.5 Å². The minimum atomic E-state index is 0.383. The molecule has 1 saturated carbocycles. The van der Waals surface area contributed by atoms with E-state index in [-0.39, 0.29) is 0 Å². The van der Waals surface area contributed by atoms with Gasteiger partial charge < -0.3 is 4.90 Å². The van der Waals surface area contributed by atoms with Crippen molar-refractivity contribution in [3.63, 3.8) is 0 Å². The third-order valence-electron chi connectivity index (χ3n) is 4.74. The first kappa shape index (κ1) is 14.9. The zero-order valence-corrected chi connectivity index (χ0v) is 13.4. The van der Waals surface area contributed by atoms with Gasteiger partial charge in [-0.25, -0.2) is 0 Å². The fraction of sp³-hybridized carbons (Fsp3) is 0.647. The predicted octanol–water partition coefficient (Wildman–Crippen LogP) is 3.32. The first-order valence-electron chi connectivity index (χ1n) is 7.52. The molecule has 19 heavy (non-hydrogen) atoms. The highest BCUT2D eigenvalue weighted by Crippen LogP contribution is 2.47. The summed E-state index contributed by atoms with van der Waals surface area (Å²) in [6, 6.07) is 9.31. The molecule has 0 unspecified atom stereocenters. The van der Waals surface area contributed by atoms with Gasteiger partial charge in [0.15, 0.2) is 0 Å². The highest BCUT2D eigenvalue weighted by Gasteiger charge is 2.48. The van der Waals surface area contributed by atoms with Gasteiger partial charge in [0.2, 0.25) is 0 Å². The van der Waals surface area contributed by atoms with Crippen LogP contribution < -0.4 is 4.90 Å². The lowest BCUT2D eigenvalue weighted by Gasteiger charge is -2.49. The van der Waals surface area contributed by atoms with E-state index in [2.05, 4.69) is 40.1 Å². The van der Waals surface area contributed by atoms with Crippen molar-refractivity contribution in [1.82, 2.24) is 0 Å². The van der Waals surface area contributed by atoms with Crippen molar-refractivity contribution in [2.24, 2.45) is 5.92 Å². The molecule has 1 fully saturated rings. The number of rotatable bonds is 5. The summed E-state index contributed by atoms with van der Waals surface area (Å²) in [6.45, 7) is 4.67. The van der Waals surface area contributed by atoms with E-state index < -0.39 is 0 Å². The van der Waals surface area contributed by atoms with Crippen LogP contribution in [0.1, 0.15) is 45.1 Å². The van der Waals surface area contributed by atoms with E-state index in [9.17, 15) is 0 Å². The zero-order chi connectivity index (χ0) is 14.0. The Balaban J connectivity index is 2.31. The lowest BCUT2D eigenvalue weighted by Crippen LogP contribution is -3.12. The first-order valence-corrected chi connectivity index (χ1v) is 7.89. The zero-order valence-electron chi connectivity index (χ0n) is 12.7. The van der Waals surface area contributed by atoms with Crippen LogP contribution >= 0.6 is 11.6 Å². The Morgan fingerprint density at radius 1 is 1.16 bits per heavy atom. The molecule has 0 spiro atoms. The second-order valence-electron chi connectivity index (χ2n) is 6.78. The highest BCUT2D eigenvalue weighted by atomic mass is 35.5. The van der Waals surface area contributed by atoms with Gasteiger partial charge in [-0.3, -0.25) is 0 Å². The Kier molecular flexibility index (Phi) is 4.58.